The van der Waals surface area contributed by atoms with Crippen LogP contribution in [0, 0.1) is 17.2 Å². The van der Waals surface area contributed by atoms with Crippen molar-refractivity contribution in [2.45, 2.75) is 37.5 Å². The summed E-state index contributed by atoms with van der Waals surface area (Å²) in [5.41, 5.74) is 2.50. The minimum atomic E-state index is -0.882. The van der Waals surface area contributed by atoms with Crippen LogP contribution in [0.5, 0.6) is 5.75 Å². The lowest BCUT2D eigenvalue weighted by Gasteiger charge is -2.27. The number of rotatable bonds is 8. The summed E-state index contributed by atoms with van der Waals surface area (Å²) in [4.78, 5) is 37.2. The van der Waals surface area contributed by atoms with Gasteiger partial charge in [0.1, 0.15) is 5.75 Å². The Bertz CT molecular complexity index is 1450. The Balaban J connectivity index is 1.35. The van der Waals surface area contributed by atoms with Gasteiger partial charge >= 0.3 is 5.97 Å². The van der Waals surface area contributed by atoms with Crippen LogP contribution < -0.4 is 15.4 Å². The average Bonchev–Trinajstić information content (AvgIpc) is 3.64. The molecular formula is C28H25N5O5. The van der Waals surface area contributed by atoms with Crippen molar-refractivity contribution in [2.75, 3.05) is 17.2 Å². The Kier molecular flexibility index (Phi) is 6.75. The molecule has 10 nitrogen and oxygen atoms in total. The summed E-state index contributed by atoms with van der Waals surface area (Å²) < 4.78 is 5.84. The van der Waals surface area contributed by atoms with Crippen LogP contribution in [0.15, 0.2) is 54.7 Å². The van der Waals surface area contributed by atoms with Gasteiger partial charge in [0, 0.05) is 40.8 Å². The van der Waals surface area contributed by atoms with Crippen molar-refractivity contribution in [1.29, 1.82) is 5.26 Å². The first-order valence-corrected chi connectivity index (χ1v) is 12.3. The second-order valence-corrected chi connectivity index (χ2v) is 9.51. The number of aliphatic carboxylic acids is 1. The molecule has 2 atom stereocenters. The van der Waals surface area contributed by atoms with E-state index in [1.807, 2.05) is 0 Å². The van der Waals surface area contributed by atoms with Gasteiger partial charge in [-0.1, -0.05) is 6.07 Å². The van der Waals surface area contributed by atoms with Crippen molar-refractivity contribution >= 4 is 29.3 Å². The molecule has 1 fully saturated rings. The standard InChI is InChI=1S/C28H25N5O5/c29-16-17-6-7-18(3-1-5-25(34)35)22(13-17)31-27(37)21-15-28(21)10-12-38-23-9-8-19(14-20(23)28)26(36)32-24-4-2-11-30-33-24/h2,4,6-9,11,13-14,21H,1,3,5,10,12,15H2,(H,31,37)(H,34,35)(H,32,33,36). The number of carbonyl (C=O) groups excluding carboxylic acids is 2. The fourth-order valence-electron chi connectivity index (χ4n) is 5.07. The van der Waals surface area contributed by atoms with Gasteiger partial charge in [0.05, 0.1) is 18.2 Å². The Labute approximate surface area is 218 Å². The summed E-state index contributed by atoms with van der Waals surface area (Å²) in [6, 6.07) is 15.7. The van der Waals surface area contributed by atoms with Crippen LogP contribution in [0.1, 0.15) is 52.7 Å². The number of anilines is 2. The van der Waals surface area contributed by atoms with E-state index in [-0.39, 0.29) is 24.2 Å². The molecule has 38 heavy (non-hydrogen) atoms. The third kappa shape index (κ3) is 5.04. The van der Waals surface area contributed by atoms with Gasteiger partial charge in [-0.2, -0.15) is 10.4 Å². The highest BCUT2D eigenvalue weighted by molar-refractivity contribution is 6.04. The first kappa shape index (κ1) is 24.9. The summed E-state index contributed by atoms with van der Waals surface area (Å²) in [7, 11) is 0. The van der Waals surface area contributed by atoms with E-state index in [0.29, 0.717) is 60.7 Å². The first-order chi connectivity index (χ1) is 18.4. The minimum absolute atomic E-state index is 0.0165. The predicted molar refractivity (Wildman–Crippen MR) is 137 cm³/mol. The number of carboxylic acid groups (broad SMARTS) is 1. The van der Waals surface area contributed by atoms with E-state index < -0.39 is 11.4 Å². The normalized spacial score (nSPS) is 19.0. The van der Waals surface area contributed by atoms with Crippen molar-refractivity contribution in [3.63, 3.8) is 0 Å². The van der Waals surface area contributed by atoms with Crippen molar-refractivity contribution in [2.24, 2.45) is 5.92 Å². The lowest BCUT2D eigenvalue weighted by molar-refractivity contribution is -0.137. The molecule has 10 heteroatoms. The minimum Gasteiger partial charge on any atom is -0.493 e. The van der Waals surface area contributed by atoms with E-state index in [1.165, 1.54) is 6.20 Å². The lowest BCUT2D eigenvalue weighted by atomic mass is 9.86. The summed E-state index contributed by atoms with van der Waals surface area (Å²) in [5.74, 6) is -0.739. The molecule has 2 heterocycles. The van der Waals surface area contributed by atoms with Crippen LogP contribution in [0.2, 0.25) is 0 Å². The molecule has 3 N–H and O–H groups in total. The summed E-state index contributed by atoms with van der Waals surface area (Å²) in [6.07, 6.45) is 3.66. The predicted octanol–water partition coefficient (Wildman–Crippen LogP) is 3.69. The number of fused-ring (bicyclic) bond motifs is 2. The molecule has 1 saturated carbocycles. The van der Waals surface area contributed by atoms with Crippen molar-refractivity contribution in [1.82, 2.24) is 10.2 Å². The van der Waals surface area contributed by atoms with Gasteiger partial charge in [0.2, 0.25) is 5.91 Å². The maximum absolute atomic E-state index is 13.4. The molecule has 1 aliphatic carbocycles. The highest BCUT2D eigenvalue weighted by Crippen LogP contribution is 2.61. The number of hydrogen-bond donors (Lipinski definition) is 3. The van der Waals surface area contributed by atoms with Crippen LogP contribution in [0.4, 0.5) is 11.5 Å². The third-order valence-electron chi connectivity index (χ3n) is 7.12. The summed E-state index contributed by atoms with van der Waals surface area (Å²) in [6.45, 7) is 0.465. The average molecular weight is 512 g/mol. The number of aromatic nitrogens is 2. The number of nitrogens with one attached hydrogen (secondary N) is 2. The zero-order valence-corrected chi connectivity index (χ0v) is 20.4. The molecule has 2 aromatic carbocycles. The number of nitrogens with zero attached hydrogens (tertiary/aromatic N) is 3. The van der Waals surface area contributed by atoms with Gasteiger partial charge < -0.3 is 20.5 Å². The van der Waals surface area contributed by atoms with Gasteiger partial charge in [-0.15, -0.1) is 5.10 Å². The number of amides is 2. The molecule has 0 saturated heterocycles. The maximum Gasteiger partial charge on any atom is 0.303 e. The molecule has 1 spiro atoms. The van der Waals surface area contributed by atoms with Gasteiger partial charge in [0.25, 0.3) is 5.91 Å². The molecule has 2 amide bonds. The second kappa shape index (κ2) is 10.3. The number of aryl methyl sites for hydroxylation is 1. The van der Waals surface area contributed by atoms with E-state index in [0.717, 1.165) is 11.1 Å². The number of carbonyl (C=O) groups is 3. The Morgan fingerprint density at radius 3 is 2.79 bits per heavy atom. The fraction of sp³-hybridized carbons (Fsp3) is 0.286. The van der Waals surface area contributed by atoms with E-state index in [9.17, 15) is 19.6 Å². The third-order valence-corrected chi connectivity index (χ3v) is 7.12. The van der Waals surface area contributed by atoms with E-state index in [1.54, 1.807) is 48.5 Å². The van der Waals surface area contributed by atoms with E-state index in [2.05, 4.69) is 26.9 Å². The summed E-state index contributed by atoms with van der Waals surface area (Å²) >= 11 is 0. The molecule has 3 aromatic rings. The monoisotopic (exact) mass is 511 g/mol. The SMILES string of the molecule is N#Cc1ccc(CCCC(=O)O)c(NC(=O)C2CC23CCOc2ccc(C(=O)Nc4cccnn4)cc23)c1. The van der Waals surface area contributed by atoms with Gasteiger partial charge in [-0.05, 0) is 73.7 Å². The fourth-order valence-corrected chi connectivity index (χ4v) is 5.07. The molecular weight excluding hydrogens is 486 g/mol. The van der Waals surface area contributed by atoms with Crippen LogP contribution in [-0.2, 0) is 21.4 Å². The van der Waals surface area contributed by atoms with Crippen molar-refractivity contribution in [3.05, 3.63) is 77.0 Å². The maximum atomic E-state index is 13.4. The molecule has 2 unspecified atom stereocenters. The van der Waals surface area contributed by atoms with Crippen molar-refractivity contribution in [3.8, 4) is 11.8 Å². The highest BCUT2D eigenvalue weighted by atomic mass is 16.5. The molecule has 1 aliphatic heterocycles. The smallest absolute Gasteiger partial charge is 0.303 e. The quantitative estimate of drug-likeness (QED) is 0.414. The van der Waals surface area contributed by atoms with Gasteiger partial charge in [-0.3, -0.25) is 14.4 Å². The number of carboxylic acids is 1. The molecule has 2 aliphatic rings. The van der Waals surface area contributed by atoms with E-state index in [4.69, 9.17) is 9.84 Å². The van der Waals surface area contributed by atoms with Crippen LogP contribution in [0.3, 0.4) is 0 Å². The van der Waals surface area contributed by atoms with Crippen molar-refractivity contribution < 1.29 is 24.2 Å². The number of benzene rings is 2. The molecule has 192 valence electrons. The molecule has 0 radical (unpaired) electrons. The van der Waals surface area contributed by atoms with Crippen LogP contribution in [0.25, 0.3) is 0 Å². The van der Waals surface area contributed by atoms with Crippen LogP contribution >= 0.6 is 0 Å². The Morgan fingerprint density at radius 2 is 2.03 bits per heavy atom. The first-order valence-electron chi connectivity index (χ1n) is 12.3. The molecule has 0 bridgehead atoms. The lowest BCUT2D eigenvalue weighted by Crippen LogP contribution is -2.27. The largest absolute Gasteiger partial charge is 0.493 e. The Morgan fingerprint density at radius 1 is 1.16 bits per heavy atom. The van der Waals surface area contributed by atoms with Crippen LogP contribution in [-0.4, -0.2) is 39.7 Å². The van der Waals surface area contributed by atoms with Gasteiger partial charge in [0.15, 0.2) is 5.82 Å². The topological polar surface area (TPSA) is 154 Å². The van der Waals surface area contributed by atoms with E-state index >= 15 is 0 Å². The van der Waals surface area contributed by atoms with Gasteiger partial charge in [-0.25, -0.2) is 0 Å². The summed E-state index contributed by atoms with van der Waals surface area (Å²) in [5, 5.41) is 31.7. The highest BCUT2D eigenvalue weighted by Gasteiger charge is 2.61. The molecule has 1 aromatic heterocycles. The molecule has 5 rings (SSSR count). The zero-order chi connectivity index (χ0) is 26.7. The number of nitriles is 1. The number of hydrogen-bond acceptors (Lipinski definition) is 7. The Hall–Kier alpha value is -4.78. The number of ether oxygens (including phenoxy) is 1. The zero-order valence-electron chi connectivity index (χ0n) is 20.4. The second-order valence-electron chi connectivity index (χ2n) is 9.51.